The minimum absolute atomic E-state index is 0.178. The third kappa shape index (κ3) is 5.89. The molecule has 0 unspecified atom stereocenters. The van der Waals surface area contributed by atoms with Crippen LogP contribution in [-0.4, -0.2) is 33.4 Å². The van der Waals surface area contributed by atoms with Crippen molar-refractivity contribution >= 4 is 34.1 Å². The van der Waals surface area contributed by atoms with Crippen molar-refractivity contribution in [2.75, 3.05) is 12.4 Å². The summed E-state index contributed by atoms with van der Waals surface area (Å²) in [6, 6.07) is 17.4. The molecule has 4 rings (SSSR count). The zero-order chi connectivity index (χ0) is 21.5. The molecule has 0 aliphatic carbocycles. The van der Waals surface area contributed by atoms with E-state index in [0.717, 1.165) is 27.0 Å². The molecule has 2 heterocycles. The van der Waals surface area contributed by atoms with E-state index in [4.69, 9.17) is 9.26 Å². The van der Waals surface area contributed by atoms with Gasteiger partial charge < -0.3 is 14.6 Å². The maximum Gasteiger partial charge on any atom is 0.227 e. The van der Waals surface area contributed by atoms with Crippen molar-refractivity contribution in [3.05, 3.63) is 66.1 Å². The van der Waals surface area contributed by atoms with Crippen molar-refractivity contribution in [1.29, 1.82) is 0 Å². The third-order valence-corrected chi connectivity index (χ3v) is 6.28. The zero-order valence-corrected chi connectivity index (χ0v) is 18.3. The van der Waals surface area contributed by atoms with Crippen LogP contribution in [0.5, 0.6) is 5.75 Å². The Bertz CT molecular complexity index is 1130. The topological polar surface area (TPSA) is 103 Å². The largest absolute Gasteiger partial charge is 0.497 e. The molecule has 0 aliphatic heterocycles. The lowest BCUT2D eigenvalue weighted by molar-refractivity contribution is -0.116. The van der Waals surface area contributed by atoms with Crippen LogP contribution in [0, 0.1) is 0 Å². The Morgan fingerprint density at radius 1 is 1.13 bits per heavy atom. The molecule has 0 bridgehead atoms. The number of hydrogen-bond donors (Lipinski definition) is 1. The van der Waals surface area contributed by atoms with Crippen molar-refractivity contribution in [2.45, 2.75) is 22.9 Å². The van der Waals surface area contributed by atoms with Crippen LogP contribution < -0.4 is 10.1 Å². The zero-order valence-electron chi connectivity index (χ0n) is 16.6. The molecule has 0 spiro atoms. The maximum absolute atomic E-state index is 12.2. The molecule has 0 saturated carbocycles. The van der Waals surface area contributed by atoms with Gasteiger partial charge in [0.1, 0.15) is 5.75 Å². The first kappa shape index (κ1) is 21.0. The molecule has 1 N–H and O–H groups in total. The smallest absolute Gasteiger partial charge is 0.227 e. The van der Waals surface area contributed by atoms with Gasteiger partial charge >= 0.3 is 0 Å². The van der Waals surface area contributed by atoms with Crippen LogP contribution in [0.15, 0.2) is 63.5 Å². The summed E-state index contributed by atoms with van der Waals surface area (Å²) in [5, 5.41) is 15.4. The van der Waals surface area contributed by atoms with Gasteiger partial charge in [-0.05, 0) is 17.7 Å². The maximum atomic E-state index is 12.2. The molecule has 0 radical (unpaired) electrons. The first-order chi connectivity index (χ1) is 15.2. The van der Waals surface area contributed by atoms with E-state index >= 15 is 0 Å². The van der Waals surface area contributed by atoms with Gasteiger partial charge in [-0.15, -0.1) is 10.2 Å². The number of hydrogen-bond acceptors (Lipinski definition) is 9. The highest BCUT2D eigenvalue weighted by Gasteiger charge is 2.13. The number of aromatic nitrogens is 4. The molecule has 0 aliphatic rings. The molecule has 2 aromatic carbocycles. The number of nitrogens with zero attached hydrogens (tertiary/aromatic N) is 4. The van der Waals surface area contributed by atoms with Crippen LogP contribution in [0.3, 0.4) is 0 Å². The average Bonchev–Trinajstić information content (AvgIpc) is 3.47. The Balaban J connectivity index is 1.24. The number of thioether (sulfide) groups is 1. The predicted octanol–water partition coefficient (Wildman–Crippen LogP) is 4.46. The number of amides is 1. The van der Waals surface area contributed by atoms with Crippen molar-refractivity contribution in [3.8, 4) is 17.1 Å². The fourth-order valence-electron chi connectivity index (χ4n) is 2.65. The fraction of sp³-hybridized carbons (Fsp3) is 0.190. The summed E-state index contributed by atoms with van der Waals surface area (Å²) in [5.41, 5.74) is 2.02. The number of methoxy groups -OCH3 is 1. The number of aryl methyl sites for hydroxylation is 1. The second-order valence-electron chi connectivity index (χ2n) is 6.44. The number of anilines is 1. The minimum Gasteiger partial charge on any atom is -0.497 e. The molecule has 4 aromatic rings. The molecule has 10 heteroatoms. The normalized spacial score (nSPS) is 10.7. The Morgan fingerprint density at radius 3 is 2.71 bits per heavy atom. The minimum atomic E-state index is -0.178. The van der Waals surface area contributed by atoms with E-state index in [-0.39, 0.29) is 12.3 Å². The standard InChI is InChI=1S/C21H19N5O3S2/c1-28-16-9-7-14(8-10-16)13-30-21-25-24-20(31-21)22-17(27)11-12-18-23-19(26-29-18)15-5-3-2-4-6-15/h2-10H,11-13H2,1H3,(H,22,24,27). The Kier molecular flexibility index (Phi) is 6.90. The highest BCUT2D eigenvalue weighted by Crippen LogP contribution is 2.29. The lowest BCUT2D eigenvalue weighted by Crippen LogP contribution is -2.12. The van der Waals surface area contributed by atoms with E-state index < -0.39 is 0 Å². The van der Waals surface area contributed by atoms with Gasteiger partial charge in [0.15, 0.2) is 4.34 Å². The number of rotatable bonds is 9. The fourth-order valence-corrected chi connectivity index (χ4v) is 4.37. The van der Waals surface area contributed by atoms with Crippen molar-refractivity contribution in [3.63, 3.8) is 0 Å². The van der Waals surface area contributed by atoms with E-state index in [1.54, 1.807) is 18.9 Å². The molecular formula is C21H19N5O3S2. The first-order valence-corrected chi connectivity index (χ1v) is 11.3. The Hall–Kier alpha value is -3.24. The molecule has 1 amide bonds. The molecule has 158 valence electrons. The monoisotopic (exact) mass is 453 g/mol. The molecule has 0 saturated heterocycles. The van der Waals surface area contributed by atoms with E-state index in [9.17, 15) is 4.79 Å². The van der Waals surface area contributed by atoms with Gasteiger partial charge in [0.2, 0.25) is 22.8 Å². The number of carbonyl (C=O) groups is 1. The molecule has 8 nitrogen and oxygen atoms in total. The summed E-state index contributed by atoms with van der Waals surface area (Å²) in [7, 11) is 1.64. The summed E-state index contributed by atoms with van der Waals surface area (Å²) in [5.74, 6) is 2.34. The van der Waals surface area contributed by atoms with Crippen LogP contribution in [0.4, 0.5) is 5.13 Å². The number of benzene rings is 2. The third-order valence-electron chi connectivity index (χ3n) is 4.24. The van der Waals surface area contributed by atoms with Gasteiger partial charge in [0.05, 0.1) is 7.11 Å². The number of carbonyl (C=O) groups excluding carboxylic acids is 1. The summed E-state index contributed by atoms with van der Waals surface area (Å²) < 4.78 is 11.2. The molecule has 0 fully saturated rings. The van der Waals surface area contributed by atoms with Gasteiger partial charge in [-0.1, -0.05) is 70.7 Å². The molecule has 31 heavy (non-hydrogen) atoms. The van der Waals surface area contributed by atoms with E-state index in [0.29, 0.717) is 23.3 Å². The van der Waals surface area contributed by atoms with Gasteiger partial charge in [-0.3, -0.25) is 4.79 Å². The lowest BCUT2D eigenvalue weighted by atomic mass is 10.2. The summed E-state index contributed by atoms with van der Waals surface area (Å²) in [4.78, 5) is 16.6. The van der Waals surface area contributed by atoms with Crippen molar-refractivity contribution in [1.82, 2.24) is 20.3 Å². The van der Waals surface area contributed by atoms with Gasteiger partial charge in [0.25, 0.3) is 0 Å². The summed E-state index contributed by atoms with van der Waals surface area (Å²) in [6.45, 7) is 0. The van der Waals surface area contributed by atoms with Gasteiger partial charge in [0, 0.05) is 24.2 Å². The highest BCUT2D eigenvalue weighted by atomic mass is 32.2. The first-order valence-electron chi connectivity index (χ1n) is 9.46. The van der Waals surface area contributed by atoms with E-state index in [1.165, 1.54) is 11.3 Å². The predicted molar refractivity (Wildman–Crippen MR) is 119 cm³/mol. The summed E-state index contributed by atoms with van der Waals surface area (Å²) >= 11 is 2.91. The number of ether oxygens (including phenoxy) is 1. The van der Waals surface area contributed by atoms with E-state index in [2.05, 4.69) is 25.7 Å². The quantitative estimate of drug-likeness (QED) is 0.293. The lowest BCUT2D eigenvalue weighted by Gasteiger charge is -2.01. The van der Waals surface area contributed by atoms with Gasteiger partial charge in [-0.2, -0.15) is 4.98 Å². The van der Waals surface area contributed by atoms with Crippen molar-refractivity contribution < 1.29 is 14.1 Å². The van der Waals surface area contributed by atoms with Crippen molar-refractivity contribution in [2.24, 2.45) is 0 Å². The highest BCUT2D eigenvalue weighted by molar-refractivity contribution is 8.00. The number of nitrogens with one attached hydrogen (secondary N) is 1. The molecule has 0 atom stereocenters. The molecular weight excluding hydrogens is 434 g/mol. The Labute approximate surface area is 187 Å². The summed E-state index contributed by atoms with van der Waals surface area (Å²) in [6.07, 6.45) is 0.563. The van der Waals surface area contributed by atoms with Crippen LogP contribution in [0.1, 0.15) is 17.9 Å². The van der Waals surface area contributed by atoms with Crippen LogP contribution >= 0.6 is 23.1 Å². The van der Waals surface area contributed by atoms with Crippen LogP contribution in [0.25, 0.3) is 11.4 Å². The van der Waals surface area contributed by atoms with Crippen LogP contribution in [-0.2, 0) is 17.0 Å². The molecule has 2 aromatic heterocycles. The van der Waals surface area contributed by atoms with E-state index in [1.807, 2.05) is 54.6 Å². The Morgan fingerprint density at radius 2 is 1.94 bits per heavy atom. The SMILES string of the molecule is COc1ccc(CSc2nnc(NC(=O)CCc3nc(-c4ccccc4)no3)s2)cc1. The van der Waals surface area contributed by atoms with Crippen LogP contribution in [0.2, 0.25) is 0 Å². The average molecular weight is 454 g/mol. The second kappa shape index (κ2) is 10.2. The van der Waals surface area contributed by atoms with Gasteiger partial charge in [-0.25, -0.2) is 0 Å². The second-order valence-corrected chi connectivity index (χ2v) is 8.64.